The van der Waals surface area contributed by atoms with Gasteiger partial charge in [-0.05, 0) is 152 Å². The van der Waals surface area contributed by atoms with Crippen molar-refractivity contribution in [3.05, 3.63) is 176 Å². The number of Topliss-reactive ketones (excluding diaryl/α,β-unsaturated/α-hetero) is 2. The maximum Gasteiger partial charge on any atom is 0.413 e. The highest BCUT2D eigenvalue weighted by molar-refractivity contribution is 6.32. The van der Waals surface area contributed by atoms with Crippen molar-refractivity contribution in [2.24, 2.45) is 29.0 Å². The third kappa shape index (κ3) is 24.2. The van der Waals surface area contributed by atoms with E-state index in [1.165, 1.54) is 38.1 Å². The van der Waals surface area contributed by atoms with Crippen LogP contribution in [0, 0.1) is 11.8 Å². The number of hydrogen-bond donors (Lipinski definition) is 18. The average Bonchev–Trinajstić information content (AvgIpc) is 0.760. The van der Waals surface area contributed by atoms with Gasteiger partial charge < -0.3 is 142 Å². The molecule has 23 unspecified atom stereocenters. The first-order chi connectivity index (χ1) is 65.8. The van der Waals surface area contributed by atoms with Gasteiger partial charge in [-0.1, -0.05) is 129 Å². The first-order valence-corrected chi connectivity index (χ1v) is 46.4. The van der Waals surface area contributed by atoms with Crippen LogP contribution in [0.15, 0.2) is 127 Å². The van der Waals surface area contributed by atoms with Crippen LogP contribution in [0.4, 0.5) is 4.79 Å². The van der Waals surface area contributed by atoms with Crippen molar-refractivity contribution >= 4 is 93.9 Å². The SMILES string of the molecule is CCCCCC(N)C(=O)OCOC(=O)N(C)C(CC(C)C)C(=O)NC1C(=O)CC(CC(N)=O)C(=O)NC2C(=O)CC3C(=O)NC(C(=O)NC(C(=O)O)c4cc(O)cc(O)c4-c4cc3ccc4O)C(OC3CC(C)(N)C(O)C(C)O3)c3ccc(c(Cl)c3)Oc3cc2cc(c3OC2OC(CO)C(O)C(O)C2OC2CC(C)(NCc3ccc(-c4ccc(Cl)cc4)cc3)C(O)C(C)O2)Oc2ccc(cc2Cl)C1O. The number of hydrogen-bond acceptors (Lipinski definition) is 32. The van der Waals surface area contributed by atoms with Gasteiger partial charge in [0.2, 0.25) is 48.4 Å². The molecule has 7 aromatic carbocycles. The molecule has 139 heavy (non-hydrogen) atoms. The van der Waals surface area contributed by atoms with Gasteiger partial charge in [0.05, 0.1) is 52.9 Å². The Morgan fingerprint density at radius 3 is 1.91 bits per heavy atom. The third-order valence-electron chi connectivity index (χ3n) is 25.7. The number of fused-ring (bicyclic) bond motifs is 15. The lowest BCUT2D eigenvalue weighted by molar-refractivity contribution is -0.334. The summed E-state index contributed by atoms with van der Waals surface area (Å²) in [6.45, 7) is 9.74. The minimum absolute atomic E-state index is 0.163. The van der Waals surface area contributed by atoms with Crippen LogP contribution in [0.2, 0.25) is 15.1 Å². The summed E-state index contributed by atoms with van der Waals surface area (Å²) in [5, 5.41) is 131. The van der Waals surface area contributed by atoms with E-state index in [9.17, 15) is 70.2 Å². The highest BCUT2D eigenvalue weighted by Gasteiger charge is 2.54. The number of benzene rings is 7. The van der Waals surface area contributed by atoms with E-state index in [1.54, 1.807) is 39.8 Å². The summed E-state index contributed by atoms with van der Waals surface area (Å²) in [4.78, 5) is 151. The van der Waals surface area contributed by atoms with Crippen molar-refractivity contribution in [1.29, 1.82) is 0 Å². The molecule has 42 heteroatoms. The number of carboxylic acids is 1. The summed E-state index contributed by atoms with van der Waals surface area (Å²) < 4.78 is 63.7. The third-order valence-corrected chi connectivity index (χ3v) is 26.5. The molecule has 748 valence electrons. The molecule has 39 nitrogen and oxygen atoms in total. The number of nitrogens with zero attached hydrogens (tertiary/aromatic N) is 1. The number of rotatable bonds is 26. The number of nitrogens with one attached hydrogen (secondary N) is 5. The van der Waals surface area contributed by atoms with Gasteiger partial charge in [-0.15, -0.1) is 0 Å². The Morgan fingerprint density at radius 1 is 0.669 bits per heavy atom. The van der Waals surface area contributed by atoms with E-state index in [-0.39, 0.29) is 48.9 Å². The van der Waals surface area contributed by atoms with Crippen molar-refractivity contribution in [1.82, 2.24) is 31.5 Å². The fourth-order valence-electron chi connectivity index (χ4n) is 17.9. The lowest BCUT2D eigenvalue weighted by Crippen LogP contribution is -2.65. The molecule has 8 aliphatic heterocycles. The van der Waals surface area contributed by atoms with Gasteiger partial charge >= 0.3 is 18.0 Å². The normalized spacial score (nSPS) is 28.2. The number of carboxylic acid groups (broad SMARTS) is 1. The molecule has 7 aromatic rings. The fraction of sp³-hybridized carbons (Fsp3) is 0.464. The number of nitrogens with two attached hydrogens (primary N) is 3. The van der Waals surface area contributed by atoms with Crippen LogP contribution in [0.3, 0.4) is 0 Å². The zero-order chi connectivity index (χ0) is 101. The second-order valence-electron chi connectivity index (χ2n) is 36.7. The summed E-state index contributed by atoms with van der Waals surface area (Å²) >= 11 is 21.0. The molecule has 15 rings (SSSR count). The molecular formula is C97H114Cl3N9O30. The number of halogens is 3. The maximum absolute atomic E-state index is 16.9. The Labute approximate surface area is 813 Å². The Balaban J connectivity index is 0.990. The van der Waals surface area contributed by atoms with Gasteiger partial charge in [-0.3, -0.25) is 43.3 Å². The Hall–Kier alpha value is -11.5. The first kappa shape index (κ1) is 105. The van der Waals surface area contributed by atoms with Gasteiger partial charge in [0.15, 0.2) is 47.8 Å². The average molecular weight is 1990 g/mol. The van der Waals surface area contributed by atoms with Gasteiger partial charge in [0.25, 0.3) is 0 Å². The standard InChI is InChI=1S/C97H114Cl3N9O30/c1-9-10-11-12-61(101)93(128)130-42-131-95(129)109(8)62(27-43(2)3)90(124)107-78-65(114)31-53(34-72(102)116)88(122)105-76-52-32-69(134-67-25-20-50(80(78)117)29-59(67)99)84(139-94-85(82(119)81(118)71(41-110)136-94)138-74-39-97(7,87(121)45(5)133-74)104-40-46-13-15-47(16-14-46)48-17-22-54(98)23-18-48)70(33-52)135-68-26-21-51(30-60(68)100)83(137-73-38-96(6,103)86(120)44(4)132-73)79-91(125)106-77(92(126)127)58-35-55(111)36-64(113)75(58)57-28-49(19-24-63(57)112)56(37-66(76)115)89(123)108-79/h13-26,28-30,32-33,35-36,43-45,53,56,61-62,71,73-74,76-83,85-87,94,104,110-113,117-121H,9-12,27,31,34,37-42,101,103H2,1-8H3,(H2,102,116)(H,105,122)(H,106,125)(H,107,124)(H,108,123)(H,126,127). The summed E-state index contributed by atoms with van der Waals surface area (Å²) in [6, 6.07) is 17.2. The molecule has 6 amide bonds. The van der Waals surface area contributed by atoms with Crippen molar-refractivity contribution in [2.45, 2.75) is 252 Å². The van der Waals surface area contributed by atoms with Gasteiger partial charge in [0, 0.05) is 84.6 Å². The summed E-state index contributed by atoms with van der Waals surface area (Å²) in [5.74, 6) is -21.4. The van der Waals surface area contributed by atoms with Crippen LogP contribution in [0.5, 0.6) is 46.0 Å². The van der Waals surface area contributed by atoms with E-state index in [1.807, 2.05) is 43.3 Å². The first-order valence-electron chi connectivity index (χ1n) is 45.3. The second kappa shape index (κ2) is 44.6. The number of carbonyl (C=O) groups excluding carboxylic acids is 9. The molecule has 8 heterocycles. The lowest BCUT2D eigenvalue weighted by atomic mass is 9.84. The number of ketones is 2. The van der Waals surface area contributed by atoms with E-state index in [0.29, 0.717) is 11.4 Å². The molecule has 21 N–H and O–H groups in total. The van der Waals surface area contributed by atoms with E-state index < -0.39 is 315 Å². The smallest absolute Gasteiger partial charge is 0.413 e. The number of phenols is 3. The predicted octanol–water partition coefficient (Wildman–Crippen LogP) is 7.73. The van der Waals surface area contributed by atoms with Crippen LogP contribution in [-0.4, -0.2) is 238 Å². The van der Waals surface area contributed by atoms with Crippen molar-refractivity contribution in [3.63, 3.8) is 0 Å². The number of phenolic OH excluding ortho intramolecular Hbond substituents is 3. The molecule has 23 atom stereocenters. The van der Waals surface area contributed by atoms with Crippen LogP contribution in [0.1, 0.15) is 176 Å². The molecule has 0 spiro atoms. The maximum atomic E-state index is 16.9. The predicted molar refractivity (Wildman–Crippen MR) is 496 cm³/mol. The minimum Gasteiger partial charge on any atom is -0.508 e. The zero-order valence-corrected chi connectivity index (χ0v) is 79.2. The monoisotopic (exact) mass is 1990 g/mol. The zero-order valence-electron chi connectivity index (χ0n) is 77.0. The number of aliphatic hydroxyl groups is 6. The van der Waals surface area contributed by atoms with Gasteiger partial charge in [-0.2, -0.15) is 0 Å². The van der Waals surface area contributed by atoms with Crippen molar-refractivity contribution in [2.75, 3.05) is 20.4 Å². The van der Waals surface area contributed by atoms with Crippen molar-refractivity contribution in [3.8, 4) is 68.2 Å². The fourth-order valence-corrected chi connectivity index (χ4v) is 18.5. The quantitative estimate of drug-likeness (QED) is 0.0140. The van der Waals surface area contributed by atoms with Gasteiger partial charge in [-0.25, -0.2) is 9.59 Å². The minimum atomic E-state index is -2.33. The molecule has 0 aliphatic carbocycles. The number of likely N-dealkylation sites (N-methyl/N-ethyl adjacent to an activating group) is 1. The van der Waals surface area contributed by atoms with E-state index in [0.717, 1.165) is 96.1 Å². The van der Waals surface area contributed by atoms with E-state index >= 15 is 28.8 Å². The molecule has 0 saturated carbocycles. The molecule has 8 aliphatic rings. The second-order valence-corrected chi connectivity index (χ2v) is 37.9. The molecule has 3 saturated heterocycles. The van der Waals surface area contributed by atoms with Crippen LogP contribution < -0.4 is 58.0 Å². The summed E-state index contributed by atoms with van der Waals surface area (Å²) in [7, 11) is 1.16. The lowest BCUT2D eigenvalue weighted by Gasteiger charge is -2.48. The van der Waals surface area contributed by atoms with E-state index in [4.69, 9.17) is 99.4 Å². The van der Waals surface area contributed by atoms with Crippen LogP contribution in [0.25, 0.3) is 22.3 Å². The number of esters is 1. The summed E-state index contributed by atoms with van der Waals surface area (Å²) in [6.07, 6.45) is -24.8. The number of primary amides is 1. The van der Waals surface area contributed by atoms with Crippen LogP contribution in [-0.2, 0) is 82.9 Å². The number of aliphatic carboxylic acids is 1. The molecule has 0 radical (unpaired) electrons. The number of carbonyl (C=O) groups is 10. The molecule has 0 aromatic heterocycles. The molecule has 3 fully saturated rings. The van der Waals surface area contributed by atoms with E-state index in [2.05, 4.69) is 26.6 Å². The van der Waals surface area contributed by atoms with Crippen LogP contribution >= 0.6 is 34.8 Å². The number of amides is 6. The molecule has 11 bridgehead atoms. The highest BCUT2D eigenvalue weighted by Crippen LogP contribution is 2.52. The highest BCUT2D eigenvalue weighted by atomic mass is 35.5. The summed E-state index contributed by atoms with van der Waals surface area (Å²) in [5.41, 5.74) is 15.7. The molecular weight excluding hydrogens is 1880 g/mol. The van der Waals surface area contributed by atoms with Gasteiger partial charge in [0.1, 0.15) is 89.5 Å². The number of aromatic hydroxyl groups is 3. The Bertz CT molecular complexity index is 5730. The number of unbranched alkanes of at least 4 members (excludes halogenated alkanes) is 2. The Kier molecular flexibility index (Phi) is 33.6. The number of ether oxygens (including phenoxy) is 10. The topological polar surface area (TPSA) is 607 Å². The van der Waals surface area contributed by atoms with Crippen molar-refractivity contribution < 1.29 is 146 Å². The largest absolute Gasteiger partial charge is 0.508 e. The number of aliphatic hydroxyl groups excluding tert-OH is 6. The Morgan fingerprint density at radius 2 is 1.29 bits per heavy atom.